The van der Waals surface area contributed by atoms with Gasteiger partial charge in [-0.1, -0.05) is 18.2 Å². The van der Waals surface area contributed by atoms with Gasteiger partial charge in [0.2, 0.25) is 5.91 Å². The molecule has 1 aromatic rings. The molecular formula is C12H17FN2O2. The molecule has 2 atom stereocenters. The number of halogens is 1. The van der Waals surface area contributed by atoms with Crippen LogP contribution in [0.5, 0.6) is 0 Å². The van der Waals surface area contributed by atoms with Crippen LogP contribution in [0.2, 0.25) is 0 Å². The Morgan fingerprint density at radius 2 is 2.12 bits per heavy atom. The van der Waals surface area contributed by atoms with E-state index in [4.69, 9.17) is 5.73 Å². The molecule has 4 nitrogen and oxygen atoms in total. The summed E-state index contributed by atoms with van der Waals surface area (Å²) in [6, 6.07) is 5.51. The second-order valence-electron chi connectivity index (χ2n) is 4.06. The summed E-state index contributed by atoms with van der Waals surface area (Å²) in [5, 5.41) is 9.87. The van der Waals surface area contributed by atoms with Gasteiger partial charge in [-0.2, -0.15) is 0 Å². The van der Waals surface area contributed by atoms with Gasteiger partial charge < -0.3 is 10.8 Å². The zero-order valence-corrected chi connectivity index (χ0v) is 9.93. The Balaban J connectivity index is 2.70. The van der Waals surface area contributed by atoms with Crippen LogP contribution in [0.3, 0.4) is 0 Å². The zero-order valence-electron chi connectivity index (χ0n) is 9.93. The fraction of sp³-hybridized carbons (Fsp3) is 0.417. The van der Waals surface area contributed by atoms with Crippen LogP contribution in [0.1, 0.15) is 18.6 Å². The molecule has 0 aliphatic rings. The predicted octanol–water partition coefficient (Wildman–Crippen LogP) is 0.665. The van der Waals surface area contributed by atoms with E-state index in [0.29, 0.717) is 0 Å². The summed E-state index contributed by atoms with van der Waals surface area (Å²) < 4.78 is 13.4. The van der Waals surface area contributed by atoms with Crippen molar-refractivity contribution in [2.24, 2.45) is 5.73 Å². The summed E-state index contributed by atoms with van der Waals surface area (Å²) in [4.78, 5) is 12.5. The maximum Gasteiger partial charge on any atom is 0.234 e. The number of rotatable bonds is 5. The van der Waals surface area contributed by atoms with Crippen molar-refractivity contribution in [1.29, 1.82) is 0 Å². The quantitative estimate of drug-likeness (QED) is 0.794. The second kappa shape index (κ2) is 5.75. The van der Waals surface area contributed by atoms with Gasteiger partial charge in [-0.3, -0.25) is 9.69 Å². The molecule has 1 rings (SSSR count). The first-order valence-electron chi connectivity index (χ1n) is 5.35. The van der Waals surface area contributed by atoms with Gasteiger partial charge in [0.15, 0.2) is 0 Å². The Kier molecular flexibility index (Phi) is 4.60. The van der Waals surface area contributed by atoms with E-state index in [2.05, 4.69) is 0 Å². The summed E-state index contributed by atoms with van der Waals surface area (Å²) in [5.74, 6) is -0.937. The van der Waals surface area contributed by atoms with Crippen LogP contribution in [0, 0.1) is 5.82 Å². The molecule has 5 heteroatoms. The lowest BCUT2D eigenvalue weighted by molar-refractivity contribution is -0.122. The topological polar surface area (TPSA) is 66.6 Å². The van der Waals surface area contributed by atoms with Crippen LogP contribution in [0.25, 0.3) is 0 Å². The number of carbonyl (C=O) groups is 1. The lowest BCUT2D eigenvalue weighted by atomic mass is 10.1. The highest BCUT2D eigenvalue weighted by molar-refractivity contribution is 5.79. The number of aliphatic hydroxyl groups excluding tert-OH is 1. The van der Waals surface area contributed by atoms with Gasteiger partial charge in [-0.25, -0.2) is 4.39 Å². The Morgan fingerprint density at radius 1 is 1.53 bits per heavy atom. The fourth-order valence-corrected chi connectivity index (χ4v) is 1.49. The Labute approximate surface area is 99.8 Å². The molecule has 0 bridgehead atoms. The summed E-state index contributed by atoms with van der Waals surface area (Å²) in [6.07, 6.45) is -0.983. The van der Waals surface area contributed by atoms with E-state index >= 15 is 0 Å². The molecule has 0 heterocycles. The van der Waals surface area contributed by atoms with E-state index < -0.39 is 23.9 Å². The molecule has 0 saturated heterocycles. The molecule has 3 N–H and O–H groups in total. The highest BCUT2D eigenvalue weighted by Crippen LogP contribution is 2.17. The average molecular weight is 240 g/mol. The number of nitrogens with two attached hydrogens (primary N) is 1. The third-order valence-electron chi connectivity index (χ3n) is 2.80. The van der Waals surface area contributed by atoms with Crippen LogP contribution < -0.4 is 5.73 Å². The Hall–Kier alpha value is -1.46. The largest absolute Gasteiger partial charge is 0.387 e. The van der Waals surface area contributed by atoms with E-state index in [9.17, 15) is 14.3 Å². The van der Waals surface area contributed by atoms with Crippen molar-refractivity contribution in [2.45, 2.75) is 19.1 Å². The van der Waals surface area contributed by atoms with Gasteiger partial charge in [0.05, 0.1) is 12.1 Å². The number of aliphatic hydroxyl groups is 1. The number of hydrogen-bond acceptors (Lipinski definition) is 3. The Morgan fingerprint density at radius 3 is 2.65 bits per heavy atom. The molecule has 0 fully saturated rings. The van der Waals surface area contributed by atoms with Gasteiger partial charge in [0, 0.05) is 12.1 Å². The van der Waals surface area contributed by atoms with Crippen molar-refractivity contribution in [2.75, 3.05) is 13.6 Å². The van der Waals surface area contributed by atoms with E-state index in [1.165, 1.54) is 12.1 Å². The molecule has 0 radical (unpaired) electrons. The minimum atomic E-state index is -0.983. The van der Waals surface area contributed by atoms with E-state index in [1.807, 2.05) is 0 Å². The molecule has 1 amide bonds. The average Bonchev–Trinajstić information content (AvgIpc) is 2.28. The monoisotopic (exact) mass is 240 g/mol. The first-order chi connectivity index (χ1) is 7.93. The van der Waals surface area contributed by atoms with E-state index in [0.717, 1.165) is 0 Å². The molecule has 1 unspecified atom stereocenters. The van der Waals surface area contributed by atoms with Crippen molar-refractivity contribution in [3.05, 3.63) is 35.6 Å². The molecule has 0 aromatic heterocycles. The molecule has 17 heavy (non-hydrogen) atoms. The van der Waals surface area contributed by atoms with Crippen molar-refractivity contribution in [1.82, 2.24) is 4.90 Å². The normalized spacial score (nSPS) is 14.6. The van der Waals surface area contributed by atoms with Crippen LogP contribution in [-0.2, 0) is 4.79 Å². The molecule has 0 spiro atoms. The molecule has 94 valence electrons. The smallest absolute Gasteiger partial charge is 0.234 e. The van der Waals surface area contributed by atoms with Gasteiger partial charge in [0.25, 0.3) is 0 Å². The summed E-state index contributed by atoms with van der Waals surface area (Å²) >= 11 is 0. The second-order valence-corrected chi connectivity index (χ2v) is 4.06. The minimum Gasteiger partial charge on any atom is -0.387 e. The lowest BCUT2D eigenvalue weighted by Gasteiger charge is -2.24. The maximum atomic E-state index is 13.4. The summed E-state index contributed by atoms with van der Waals surface area (Å²) in [7, 11) is 1.65. The van der Waals surface area contributed by atoms with Gasteiger partial charge in [0.1, 0.15) is 5.82 Å². The van der Waals surface area contributed by atoms with Gasteiger partial charge in [-0.15, -0.1) is 0 Å². The molecule has 0 aliphatic carbocycles. The number of hydrogen-bond donors (Lipinski definition) is 2. The summed E-state index contributed by atoms with van der Waals surface area (Å²) in [6.45, 7) is 1.78. The standard InChI is InChI=1S/C12H17FN2O2/c1-8(12(14)17)15(2)7-11(16)9-5-3-4-6-10(9)13/h3-6,8,11,16H,7H2,1-2H3,(H2,14,17)/t8-,11?/m1/s1. The molecule has 0 aliphatic heterocycles. The van der Waals surface area contributed by atoms with Crippen molar-refractivity contribution >= 4 is 5.91 Å². The first-order valence-corrected chi connectivity index (χ1v) is 5.35. The third kappa shape index (κ3) is 3.51. The van der Waals surface area contributed by atoms with Crippen molar-refractivity contribution in [3.63, 3.8) is 0 Å². The lowest BCUT2D eigenvalue weighted by Crippen LogP contribution is -2.42. The number of primary amides is 1. The number of likely N-dealkylation sites (N-methyl/N-ethyl adjacent to an activating group) is 1. The van der Waals surface area contributed by atoms with Crippen LogP contribution >= 0.6 is 0 Å². The van der Waals surface area contributed by atoms with Crippen molar-refractivity contribution < 1.29 is 14.3 Å². The number of benzene rings is 1. The molecular weight excluding hydrogens is 223 g/mol. The minimum absolute atomic E-state index is 0.144. The van der Waals surface area contributed by atoms with Crippen LogP contribution in [0.4, 0.5) is 4.39 Å². The third-order valence-corrected chi connectivity index (χ3v) is 2.80. The molecule has 0 saturated carbocycles. The van der Waals surface area contributed by atoms with E-state index in [-0.39, 0.29) is 12.1 Å². The summed E-state index contributed by atoms with van der Waals surface area (Å²) in [5.41, 5.74) is 5.36. The van der Waals surface area contributed by atoms with Crippen LogP contribution in [0.15, 0.2) is 24.3 Å². The zero-order chi connectivity index (χ0) is 13.0. The number of nitrogens with zero attached hydrogens (tertiary/aromatic N) is 1. The maximum absolute atomic E-state index is 13.4. The van der Waals surface area contributed by atoms with Crippen LogP contribution in [-0.4, -0.2) is 35.5 Å². The van der Waals surface area contributed by atoms with Gasteiger partial charge in [-0.05, 0) is 20.0 Å². The van der Waals surface area contributed by atoms with Crippen molar-refractivity contribution in [3.8, 4) is 0 Å². The number of carbonyl (C=O) groups excluding carboxylic acids is 1. The highest BCUT2D eigenvalue weighted by Gasteiger charge is 2.20. The van der Waals surface area contributed by atoms with E-state index in [1.54, 1.807) is 31.0 Å². The van der Waals surface area contributed by atoms with Gasteiger partial charge >= 0.3 is 0 Å². The fourth-order valence-electron chi connectivity index (χ4n) is 1.49. The predicted molar refractivity (Wildman–Crippen MR) is 62.6 cm³/mol. The first kappa shape index (κ1) is 13.6. The SMILES string of the molecule is C[C@H](C(N)=O)N(C)CC(O)c1ccccc1F. The Bertz CT molecular complexity index is 398. The number of amides is 1. The highest BCUT2D eigenvalue weighted by atomic mass is 19.1. The molecule has 1 aromatic carbocycles.